The zero-order valence-corrected chi connectivity index (χ0v) is 8.13. The highest BCUT2D eigenvalue weighted by Crippen LogP contribution is 2.05. The van der Waals surface area contributed by atoms with Gasteiger partial charge in [0.1, 0.15) is 6.33 Å². The number of aromatic nitrogens is 2. The van der Waals surface area contributed by atoms with Gasteiger partial charge in [-0.1, -0.05) is 0 Å². The van der Waals surface area contributed by atoms with Gasteiger partial charge in [0.2, 0.25) is 5.13 Å². The highest BCUT2D eigenvalue weighted by Gasteiger charge is 2.01. The molecule has 6 heteroatoms. The van der Waals surface area contributed by atoms with Gasteiger partial charge in [-0.2, -0.15) is 4.37 Å². The van der Waals surface area contributed by atoms with Crippen LogP contribution in [0.1, 0.15) is 13.3 Å². The number of hydrogen-bond donors (Lipinski definition) is 1. The van der Waals surface area contributed by atoms with Gasteiger partial charge < -0.3 is 10.1 Å². The average molecular weight is 201 g/mol. The number of anilines is 1. The maximum atomic E-state index is 10.9. The van der Waals surface area contributed by atoms with Crippen molar-refractivity contribution in [3.63, 3.8) is 0 Å². The van der Waals surface area contributed by atoms with Gasteiger partial charge in [-0.15, -0.1) is 0 Å². The summed E-state index contributed by atoms with van der Waals surface area (Å²) in [7, 11) is 0. The normalized spacial score (nSPS) is 9.62. The Labute approximate surface area is 80.3 Å². The number of hydrogen-bond acceptors (Lipinski definition) is 6. The van der Waals surface area contributed by atoms with E-state index in [4.69, 9.17) is 4.74 Å². The van der Waals surface area contributed by atoms with Crippen molar-refractivity contribution in [1.29, 1.82) is 0 Å². The van der Waals surface area contributed by atoms with Crippen LogP contribution in [-0.2, 0) is 9.53 Å². The van der Waals surface area contributed by atoms with Gasteiger partial charge in [-0.25, -0.2) is 4.98 Å². The molecule has 1 N–H and O–H groups in total. The molecule has 0 aliphatic carbocycles. The molecule has 1 aromatic rings. The lowest BCUT2D eigenvalue weighted by atomic mass is 10.4. The fourth-order valence-corrected chi connectivity index (χ4v) is 1.21. The summed E-state index contributed by atoms with van der Waals surface area (Å²) >= 11 is 1.26. The molecular weight excluding hydrogens is 190 g/mol. The van der Waals surface area contributed by atoms with E-state index in [2.05, 4.69) is 14.7 Å². The molecule has 1 aromatic heterocycles. The summed E-state index contributed by atoms with van der Waals surface area (Å²) in [4.78, 5) is 14.8. The van der Waals surface area contributed by atoms with Gasteiger partial charge in [0, 0.05) is 18.1 Å². The third-order valence-electron chi connectivity index (χ3n) is 1.27. The topological polar surface area (TPSA) is 64.1 Å². The molecule has 0 saturated carbocycles. The van der Waals surface area contributed by atoms with E-state index in [9.17, 15) is 4.79 Å². The molecule has 0 aliphatic rings. The van der Waals surface area contributed by atoms with Crippen molar-refractivity contribution in [3.8, 4) is 0 Å². The summed E-state index contributed by atoms with van der Waals surface area (Å²) in [5.41, 5.74) is 0. The molecule has 0 fully saturated rings. The third-order valence-corrected chi connectivity index (χ3v) is 1.89. The number of nitrogens with zero attached hydrogens (tertiary/aromatic N) is 2. The fourth-order valence-electron chi connectivity index (χ4n) is 0.756. The molecule has 1 rings (SSSR count). The molecule has 0 bridgehead atoms. The molecule has 0 radical (unpaired) electrons. The summed E-state index contributed by atoms with van der Waals surface area (Å²) in [6.07, 6.45) is 1.82. The minimum absolute atomic E-state index is 0.195. The molecular formula is C7H11N3O2S. The zero-order chi connectivity index (χ0) is 9.52. The molecule has 0 saturated heterocycles. The van der Waals surface area contributed by atoms with Crippen LogP contribution < -0.4 is 5.32 Å². The minimum atomic E-state index is -0.195. The second-order valence-electron chi connectivity index (χ2n) is 2.23. The maximum absolute atomic E-state index is 10.9. The smallest absolute Gasteiger partial charge is 0.307 e. The van der Waals surface area contributed by atoms with Crippen molar-refractivity contribution in [2.45, 2.75) is 13.3 Å². The summed E-state index contributed by atoms with van der Waals surface area (Å²) in [5.74, 6) is -0.195. The Hall–Kier alpha value is -1.17. The number of esters is 1. The predicted molar refractivity (Wildman–Crippen MR) is 49.6 cm³/mol. The molecule has 13 heavy (non-hydrogen) atoms. The Balaban J connectivity index is 2.11. The molecule has 0 unspecified atom stereocenters. The van der Waals surface area contributed by atoms with E-state index in [0.29, 0.717) is 19.6 Å². The fraction of sp³-hybridized carbons (Fsp3) is 0.571. The van der Waals surface area contributed by atoms with Crippen LogP contribution in [0.25, 0.3) is 0 Å². The Morgan fingerprint density at radius 3 is 3.23 bits per heavy atom. The zero-order valence-electron chi connectivity index (χ0n) is 7.32. The Kier molecular flexibility index (Phi) is 4.17. The lowest BCUT2D eigenvalue weighted by molar-refractivity contribution is -0.142. The monoisotopic (exact) mass is 201 g/mol. The minimum Gasteiger partial charge on any atom is -0.466 e. The van der Waals surface area contributed by atoms with Crippen molar-refractivity contribution in [2.24, 2.45) is 0 Å². The van der Waals surface area contributed by atoms with E-state index in [1.807, 2.05) is 0 Å². The number of nitrogens with one attached hydrogen (secondary N) is 1. The lowest BCUT2D eigenvalue weighted by Gasteiger charge is -2.01. The first-order valence-electron chi connectivity index (χ1n) is 3.99. The maximum Gasteiger partial charge on any atom is 0.307 e. The third kappa shape index (κ3) is 3.84. The second kappa shape index (κ2) is 5.47. The molecule has 72 valence electrons. The van der Waals surface area contributed by atoms with E-state index in [1.165, 1.54) is 17.9 Å². The van der Waals surface area contributed by atoms with Crippen LogP contribution in [0.2, 0.25) is 0 Å². The van der Waals surface area contributed by atoms with Crippen molar-refractivity contribution in [3.05, 3.63) is 6.33 Å². The second-order valence-corrected chi connectivity index (χ2v) is 3.01. The van der Waals surface area contributed by atoms with E-state index in [-0.39, 0.29) is 5.97 Å². The Morgan fingerprint density at radius 1 is 1.77 bits per heavy atom. The molecule has 1 heterocycles. The van der Waals surface area contributed by atoms with E-state index in [0.717, 1.165) is 5.13 Å². The summed E-state index contributed by atoms with van der Waals surface area (Å²) in [6.45, 7) is 2.75. The van der Waals surface area contributed by atoms with Gasteiger partial charge in [0.05, 0.1) is 13.0 Å². The first-order chi connectivity index (χ1) is 6.33. The van der Waals surface area contributed by atoms with Gasteiger partial charge in [-0.05, 0) is 6.92 Å². The molecule has 0 aromatic carbocycles. The Morgan fingerprint density at radius 2 is 2.62 bits per heavy atom. The number of ether oxygens (including phenoxy) is 1. The SMILES string of the molecule is CCOC(=O)CCNc1ncns1. The molecule has 0 atom stereocenters. The summed E-state index contributed by atoms with van der Waals surface area (Å²) < 4.78 is 8.56. The van der Waals surface area contributed by atoms with Crippen LogP contribution in [-0.4, -0.2) is 28.5 Å². The van der Waals surface area contributed by atoms with E-state index >= 15 is 0 Å². The van der Waals surface area contributed by atoms with Crippen LogP contribution in [0.3, 0.4) is 0 Å². The van der Waals surface area contributed by atoms with Gasteiger partial charge in [-0.3, -0.25) is 4.79 Å². The quantitative estimate of drug-likeness (QED) is 0.717. The van der Waals surface area contributed by atoms with Crippen LogP contribution >= 0.6 is 11.5 Å². The van der Waals surface area contributed by atoms with Crippen LogP contribution in [0.4, 0.5) is 5.13 Å². The van der Waals surface area contributed by atoms with Crippen LogP contribution in [0.5, 0.6) is 0 Å². The van der Waals surface area contributed by atoms with Crippen molar-refractivity contribution in [2.75, 3.05) is 18.5 Å². The number of carbonyl (C=O) groups is 1. The van der Waals surface area contributed by atoms with Crippen molar-refractivity contribution in [1.82, 2.24) is 9.36 Å². The van der Waals surface area contributed by atoms with Crippen LogP contribution in [0.15, 0.2) is 6.33 Å². The van der Waals surface area contributed by atoms with Gasteiger partial charge >= 0.3 is 5.97 Å². The molecule has 0 spiro atoms. The molecule has 0 aliphatic heterocycles. The summed E-state index contributed by atoms with van der Waals surface area (Å²) in [6, 6.07) is 0. The number of carbonyl (C=O) groups excluding carboxylic acids is 1. The molecule has 5 nitrogen and oxygen atoms in total. The first-order valence-corrected chi connectivity index (χ1v) is 4.76. The average Bonchev–Trinajstić information content (AvgIpc) is 2.57. The summed E-state index contributed by atoms with van der Waals surface area (Å²) in [5, 5.41) is 3.68. The highest BCUT2D eigenvalue weighted by molar-refractivity contribution is 7.09. The van der Waals surface area contributed by atoms with E-state index in [1.54, 1.807) is 6.92 Å². The van der Waals surface area contributed by atoms with Crippen molar-refractivity contribution >= 4 is 22.6 Å². The number of rotatable bonds is 5. The van der Waals surface area contributed by atoms with E-state index < -0.39 is 0 Å². The standard InChI is InChI=1S/C7H11N3O2S/c1-2-12-6(11)3-4-8-7-9-5-10-13-7/h5H,2-4H2,1H3,(H,8,9,10). The van der Waals surface area contributed by atoms with Crippen molar-refractivity contribution < 1.29 is 9.53 Å². The largest absolute Gasteiger partial charge is 0.466 e. The lowest BCUT2D eigenvalue weighted by Crippen LogP contribution is -2.11. The van der Waals surface area contributed by atoms with Gasteiger partial charge in [0.25, 0.3) is 0 Å². The molecule has 0 amide bonds. The Bertz CT molecular complexity index is 250. The van der Waals surface area contributed by atoms with Gasteiger partial charge in [0.15, 0.2) is 0 Å². The first kappa shape index (κ1) is 9.91. The highest BCUT2D eigenvalue weighted by atomic mass is 32.1. The van der Waals surface area contributed by atoms with Crippen LogP contribution in [0, 0.1) is 0 Å². The predicted octanol–water partition coefficient (Wildman–Crippen LogP) is 0.903.